The molecule has 1 aromatic rings. The van der Waals surface area contributed by atoms with Crippen LogP contribution in [-0.2, 0) is 11.2 Å². The van der Waals surface area contributed by atoms with Crippen LogP contribution in [0.15, 0.2) is 24.3 Å². The predicted molar refractivity (Wildman–Crippen MR) is 87.3 cm³/mol. The topological polar surface area (TPSA) is 21.3 Å². The zero-order chi connectivity index (χ0) is 15.0. The Morgan fingerprint density at radius 1 is 1.05 bits per heavy atom. The van der Waals surface area contributed by atoms with Crippen molar-refractivity contribution < 1.29 is 4.74 Å². The fraction of sp³-hybridized carbons (Fsp3) is 0.667. The molecule has 0 amide bonds. The third-order valence-corrected chi connectivity index (χ3v) is 4.27. The fourth-order valence-corrected chi connectivity index (χ4v) is 2.99. The van der Waals surface area contributed by atoms with Crippen LogP contribution in [0.5, 0.6) is 0 Å². The van der Waals surface area contributed by atoms with Gasteiger partial charge in [-0.1, -0.05) is 50.6 Å². The number of likely N-dealkylation sites (N-methyl/N-ethyl adjacent to an activating group) is 1. The van der Waals surface area contributed by atoms with Crippen molar-refractivity contribution in [2.75, 3.05) is 13.2 Å². The second kappa shape index (κ2) is 8.43. The second-order valence-electron chi connectivity index (χ2n) is 5.50. The number of rotatable bonds is 9. The Kier molecular flexibility index (Phi) is 7.25. The van der Waals surface area contributed by atoms with E-state index in [4.69, 9.17) is 4.74 Å². The van der Waals surface area contributed by atoms with Crippen LogP contribution in [0, 0.1) is 6.92 Å². The van der Waals surface area contributed by atoms with Crippen LogP contribution >= 0.6 is 0 Å². The molecule has 114 valence electrons. The second-order valence-corrected chi connectivity index (χ2v) is 5.50. The molecule has 1 N–H and O–H groups in total. The largest absolute Gasteiger partial charge is 0.374 e. The van der Waals surface area contributed by atoms with Crippen LogP contribution in [0.4, 0.5) is 0 Å². The smallest absolute Gasteiger partial charge is 0.0832 e. The summed E-state index contributed by atoms with van der Waals surface area (Å²) in [6.45, 7) is 12.6. The summed E-state index contributed by atoms with van der Waals surface area (Å²) in [6, 6.07) is 9.23. The highest BCUT2D eigenvalue weighted by atomic mass is 16.5. The predicted octanol–water partition coefficient (Wildman–Crippen LogP) is 4.11. The van der Waals surface area contributed by atoms with Gasteiger partial charge in [0.2, 0.25) is 0 Å². The fourth-order valence-electron chi connectivity index (χ4n) is 2.99. The molecule has 0 aliphatic carbocycles. The maximum atomic E-state index is 6.18. The summed E-state index contributed by atoms with van der Waals surface area (Å²) in [5, 5.41) is 3.65. The highest BCUT2D eigenvalue weighted by Gasteiger charge is 2.35. The van der Waals surface area contributed by atoms with E-state index in [9.17, 15) is 0 Å². The first-order valence-electron chi connectivity index (χ1n) is 8.04. The molecule has 1 atom stereocenters. The van der Waals surface area contributed by atoms with Crippen LogP contribution in [0.25, 0.3) is 0 Å². The van der Waals surface area contributed by atoms with Gasteiger partial charge in [0.25, 0.3) is 0 Å². The molecule has 0 saturated heterocycles. The van der Waals surface area contributed by atoms with Crippen LogP contribution in [0.1, 0.15) is 51.7 Å². The molecule has 0 aliphatic heterocycles. The van der Waals surface area contributed by atoms with Crippen molar-refractivity contribution in [3.05, 3.63) is 35.4 Å². The molecule has 0 aliphatic rings. The van der Waals surface area contributed by atoms with Crippen molar-refractivity contribution in [1.82, 2.24) is 5.32 Å². The molecule has 0 bridgehead atoms. The van der Waals surface area contributed by atoms with E-state index in [2.05, 4.69) is 64.2 Å². The lowest BCUT2D eigenvalue weighted by Crippen LogP contribution is -2.53. The van der Waals surface area contributed by atoms with Crippen molar-refractivity contribution in [1.29, 1.82) is 0 Å². The summed E-state index contributed by atoms with van der Waals surface area (Å²) in [5.41, 5.74) is 2.64. The minimum atomic E-state index is -0.0599. The first-order chi connectivity index (χ1) is 9.61. The summed E-state index contributed by atoms with van der Waals surface area (Å²) in [7, 11) is 0. The average molecular weight is 277 g/mol. The summed E-state index contributed by atoms with van der Waals surface area (Å²) >= 11 is 0. The van der Waals surface area contributed by atoms with Crippen molar-refractivity contribution in [2.24, 2.45) is 0 Å². The van der Waals surface area contributed by atoms with Gasteiger partial charge in [-0.25, -0.2) is 0 Å². The monoisotopic (exact) mass is 277 g/mol. The van der Waals surface area contributed by atoms with Gasteiger partial charge >= 0.3 is 0 Å². The Labute approximate surface area is 124 Å². The Morgan fingerprint density at radius 3 is 2.10 bits per heavy atom. The maximum absolute atomic E-state index is 6.18. The highest BCUT2D eigenvalue weighted by Crippen LogP contribution is 2.27. The Hall–Kier alpha value is -0.860. The average Bonchev–Trinajstić information content (AvgIpc) is 2.47. The van der Waals surface area contributed by atoms with Crippen LogP contribution in [0.3, 0.4) is 0 Å². The number of benzene rings is 1. The number of hydrogen-bond acceptors (Lipinski definition) is 2. The molecule has 2 nitrogen and oxygen atoms in total. The zero-order valence-electron chi connectivity index (χ0n) is 13.8. The van der Waals surface area contributed by atoms with E-state index < -0.39 is 0 Å². The third kappa shape index (κ3) is 4.32. The number of ether oxygens (including phenoxy) is 1. The summed E-state index contributed by atoms with van der Waals surface area (Å²) in [5.74, 6) is 0. The van der Waals surface area contributed by atoms with Crippen molar-refractivity contribution >= 4 is 0 Å². The summed E-state index contributed by atoms with van der Waals surface area (Å²) in [6.07, 6.45) is 3.11. The Balaban J connectivity index is 2.93. The lowest BCUT2D eigenvalue weighted by Gasteiger charge is -2.40. The van der Waals surface area contributed by atoms with Crippen molar-refractivity contribution in [3.63, 3.8) is 0 Å². The van der Waals surface area contributed by atoms with Crippen molar-refractivity contribution in [3.8, 4) is 0 Å². The standard InChI is InChI=1S/C18H31NO/c1-6-18(7-2,20-9-4)17(19-8-3)14-16-12-10-15(5)11-13-16/h10-13,17,19H,6-9,14H2,1-5H3. The molecule has 0 saturated carbocycles. The summed E-state index contributed by atoms with van der Waals surface area (Å²) < 4.78 is 6.18. The number of aryl methyl sites for hydroxylation is 1. The van der Waals surface area contributed by atoms with Crippen LogP contribution in [0.2, 0.25) is 0 Å². The molecule has 0 aromatic heterocycles. The molecule has 20 heavy (non-hydrogen) atoms. The quantitative estimate of drug-likeness (QED) is 0.733. The Morgan fingerprint density at radius 2 is 1.65 bits per heavy atom. The first-order valence-corrected chi connectivity index (χ1v) is 8.04. The molecular weight excluding hydrogens is 246 g/mol. The van der Waals surface area contributed by atoms with E-state index in [1.165, 1.54) is 11.1 Å². The molecule has 1 rings (SSSR count). The molecule has 1 aromatic carbocycles. The minimum absolute atomic E-state index is 0.0599. The first kappa shape index (κ1) is 17.2. The molecule has 0 heterocycles. The third-order valence-electron chi connectivity index (χ3n) is 4.27. The van der Waals surface area contributed by atoms with Gasteiger partial charge in [-0.05, 0) is 45.2 Å². The van der Waals surface area contributed by atoms with Gasteiger partial charge in [-0.2, -0.15) is 0 Å². The molecular formula is C18H31NO. The van der Waals surface area contributed by atoms with Gasteiger partial charge in [0, 0.05) is 12.6 Å². The van der Waals surface area contributed by atoms with Gasteiger partial charge in [-0.3, -0.25) is 0 Å². The number of hydrogen-bond donors (Lipinski definition) is 1. The molecule has 0 spiro atoms. The van der Waals surface area contributed by atoms with Crippen molar-refractivity contribution in [2.45, 2.75) is 65.5 Å². The van der Waals surface area contributed by atoms with Gasteiger partial charge in [0.1, 0.15) is 0 Å². The zero-order valence-corrected chi connectivity index (χ0v) is 13.8. The molecule has 2 heteroatoms. The normalized spacial score (nSPS) is 13.4. The van der Waals surface area contributed by atoms with Crippen LogP contribution < -0.4 is 5.32 Å². The lowest BCUT2D eigenvalue weighted by atomic mass is 9.84. The van der Waals surface area contributed by atoms with E-state index in [1.807, 2.05) is 0 Å². The maximum Gasteiger partial charge on any atom is 0.0832 e. The molecule has 1 unspecified atom stereocenters. The van der Waals surface area contributed by atoms with Gasteiger partial charge in [-0.15, -0.1) is 0 Å². The van der Waals surface area contributed by atoms with Gasteiger partial charge in [0.05, 0.1) is 5.60 Å². The Bertz CT molecular complexity index is 368. The molecule has 0 fully saturated rings. The molecule has 0 radical (unpaired) electrons. The SMILES string of the molecule is CCNC(Cc1ccc(C)cc1)C(CC)(CC)OCC. The van der Waals surface area contributed by atoms with E-state index in [-0.39, 0.29) is 5.60 Å². The van der Waals surface area contributed by atoms with Crippen LogP contribution in [-0.4, -0.2) is 24.8 Å². The lowest BCUT2D eigenvalue weighted by molar-refractivity contribution is -0.0715. The minimum Gasteiger partial charge on any atom is -0.374 e. The van der Waals surface area contributed by atoms with E-state index in [0.29, 0.717) is 6.04 Å². The van der Waals surface area contributed by atoms with E-state index >= 15 is 0 Å². The van der Waals surface area contributed by atoms with Gasteiger partial charge < -0.3 is 10.1 Å². The van der Waals surface area contributed by atoms with Gasteiger partial charge in [0.15, 0.2) is 0 Å². The summed E-state index contributed by atoms with van der Waals surface area (Å²) in [4.78, 5) is 0. The highest BCUT2D eigenvalue weighted by molar-refractivity contribution is 5.22. The van der Waals surface area contributed by atoms with E-state index in [0.717, 1.165) is 32.4 Å². The van der Waals surface area contributed by atoms with E-state index in [1.54, 1.807) is 0 Å². The number of nitrogens with one attached hydrogen (secondary N) is 1.